The van der Waals surface area contributed by atoms with Crippen molar-refractivity contribution in [2.75, 3.05) is 0 Å². The molecule has 0 saturated heterocycles. The Bertz CT molecular complexity index is 794. The molecule has 1 aromatic carbocycles. The average molecular weight is 318 g/mol. The number of aromatic hydroxyl groups is 1. The third-order valence-electron chi connectivity index (χ3n) is 7.00. The third kappa shape index (κ3) is 2.01. The first-order chi connectivity index (χ1) is 11.6. The Kier molecular flexibility index (Phi) is 3.43. The van der Waals surface area contributed by atoms with Gasteiger partial charge in [-0.15, -0.1) is 0 Å². The van der Waals surface area contributed by atoms with E-state index >= 15 is 0 Å². The molecule has 0 aromatic heterocycles. The second kappa shape index (κ2) is 5.38. The molecule has 0 amide bonds. The van der Waals surface area contributed by atoms with Crippen LogP contribution in [0.1, 0.15) is 56.1 Å². The van der Waals surface area contributed by atoms with Crippen molar-refractivity contribution >= 4 is 0 Å². The highest BCUT2D eigenvalue weighted by atomic mass is 16.3. The zero-order valence-corrected chi connectivity index (χ0v) is 14.0. The molecule has 0 heterocycles. The van der Waals surface area contributed by atoms with E-state index in [0.29, 0.717) is 29.2 Å². The van der Waals surface area contributed by atoms with Gasteiger partial charge in [-0.2, -0.15) is 0 Å². The largest absolute Gasteiger partial charge is 0.508 e. The Hall–Kier alpha value is -2.26. The van der Waals surface area contributed by atoms with Crippen LogP contribution in [0.15, 0.2) is 29.5 Å². The smallest absolute Gasteiger partial charge is 0.261 e. The summed E-state index contributed by atoms with van der Waals surface area (Å²) in [7, 11) is 0. The molecule has 0 radical (unpaired) electrons. The van der Waals surface area contributed by atoms with Crippen molar-refractivity contribution in [3.8, 4) is 11.8 Å². The predicted octanol–water partition coefficient (Wildman–Crippen LogP) is 4.95. The van der Waals surface area contributed by atoms with E-state index in [1.54, 1.807) is 0 Å². The standard InChI is InChI=1S/C21H22N2O/c1-21-10-9-16-15-6-4-14(24)11-13(15)3-5-17(16)18(21)7-8-19(21)20(12-22)23-2/h4,6,11,16-18,24H,3,5,7-10H2,1H3. The SMILES string of the molecule is [C-]#[N+]C(C#N)=C1CCC2C3CCc4cc(O)ccc4C3CCC12C. The number of fused-ring (bicyclic) bond motifs is 5. The van der Waals surface area contributed by atoms with Crippen molar-refractivity contribution in [3.63, 3.8) is 0 Å². The molecule has 3 heteroatoms. The van der Waals surface area contributed by atoms with Crippen LogP contribution in [0.5, 0.6) is 5.75 Å². The highest BCUT2D eigenvalue weighted by Crippen LogP contribution is 2.63. The minimum absolute atomic E-state index is 0.0329. The number of nitrogens with zero attached hydrogens (tertiary/aromatic N) is 2. The molecule has 0 aliphatic heterocycles. The highest BCUT2D eigenvalue weighted by molar-refractivity contribution is 5.43. The fourth-order valence-corrected chi connectivity index (χ4v) is 5.93. The van der Waals surface area contributed by atoms with Crippen LogP contribution in [0, 0.1) is 35.2 Å². The zero-order chi connectivity index (χ0) is 16.9. The molecular formula is C21H22N2O. The van der Waals surface area contributed by atoms with Crippen molar-refractivity contribution < 1.29 is 5.11 Å². The van der Waals surface area contributed by atoms with Crippen LogP contribution in [-0.4, -0.2) is 5.11 Å². The topological polar surface area (TPSA) is 48.4 Å². The number of phenols is 1. The number of hydrogen-bond donors (Lipinski definition) is 1. The Balaban J connectivity index is 1.73. The monoisotopic (exact) mass is 318 g/mol. The van der Waals surface area contributed by atoms with Gasteiger partial charge in [-0.3, -0.25) is 0 Å². The first kappa shape index (κ1) is 15.3. The van der Waals surface area contributed by atoms with Crippen LogP contribution in [-0.2, 0) is 6.42 Å². The van der Waals surface area contributed by atoms with Gasteiger partial charge in [0.2, 0.25) is 0 Å². The van der Waals surface area contributed by atoms with Gasteiger partial charge in [0.05, 0.1) is 12.6 Å². The molecule has 0 bridgehead atoms. The van der Waals surface area contributed by atoms with Gasteiger partial charge < -0.3 is 5.11 Å². The number of nitriles is 1. The van der Waals surface area contributed by atoms with Crippen LogP contribution >= 0.6 is 0 Å². The summed E-state index contributed by atoms with van der Waals surface area (Å²) in [6.45, 7) is 9.63. The molecule has 24 heavy (non-hydrogen) atoms. The number of phenolic OH excluding ortho intramolecular Hbond substituents is 1. The normalized spacial score (nSPS) is 35.9. The third-order valence-corrected chi connectivity index (χ3v) is 7.00. The molecule has 3 aliphatic rings. The summed E-state index contributed by atoms with van der Waals surface area (Å²) in [5.74, 6) is 2.17. The molecule has 122 valence electrons. The Morgan fingerprint density at radius 1 is 1.33 bits per heavy atom. The molecule has 3 nitrogen and oxygen atoms in total. The van der Waals surface area contributed by atoms with E-state index < -0.39 is 0 Å². The van der Waals surface area contributed by atoms with Crippen LogP contribution in [0.2, 0.25) is 0 Å². The highest BCUT2D eigenvalue weighted by Gasteiger charge is 2.53. The quantitative estimate of drug-likeness (QED) is 0.544. The molecule has 4 atom stereocenters. The van der Waals surface area contributed by atoms with E-state index in [-0.39, 0.29) is 5.41 Å². The molecule has 4 rings (SSSR count). The van der Waals surface area contributed by atoms with Crippen LogP contribution in [0.25, 0.3) is 4.85 Å². The van der Waals surface area contributed by atoms with Gasteiger partial charge in [-0.25, -0.2) is 10.1 Å². The molecule has 2 saturated carbocycles. The Morgan fingerprint density at radius 3 is 2.92 bits per heavy atom. The number of hydrogen-bond acceptors (Lipinski definition) is 2. The van der Waals surface area contributed by atoms with Crippen molar-refractivity contribution in [2.24, 2.45) is 17.3 Å². The summed E-state index contributed by atoms with van der Waals surface area (Å²) in [5.41, 5.74) is 4.24. The summed E-state index contributed by atoms with van der Waals surface area (Å²) < 4.78 is 0. The maximum atomic E-state index is 9.76. The van der Waals surface area contributed by atoms with E-state index in [9.17, 15) is 10.4 Å². The zero-order valence-electron chi connectivity index (χ0n) is 14.0. The van der Waals surface area contributed by atoms with E-state index in [2.05, 4.69) is 23.9 Å². The minimum atomic E-state index is 0.0329. The predicted molar refractivity (Wildman–Crippen MR) is 92.0 cm³/mol. The maximum Gasteiger partial charge on any atom is 0.261 e. The lowest BCUT2D eigenvalue weighted by atomic mass is 9.55. The van der Waals surface area contributed by atoms with Crippen molar-refractivity contribution in [3.05, 3.63) is 52.0 Å². The van der Waals surface area contributed by atoms with Gasteiger partial charge in [0.15, 0.2) is 0 Å². The van der Waals surface area contributed by atoms with Gasteiger partial charge in [0.1, 0.15) is 5.75 Å². The van der Waals surface area contributed by atoms with Gasteiger partial charge >= 0.3 is 0 Å². The van der Waals surface area contributed by atoms with E-state index in [1.807, 2.05) is 12.1 Å². The summed E-state index contributed by atoms with van der Waals surface area (Å²) in [6, 6.07) is 8.02. The maximum absolute atomic E-state index is 9.76. The lowest BCUT2D eigenvalue weighted by Crippen LogP contribution is -2.40. The second-order valence-electron chi connectivity index (χ2n) is 7.84. The number of aryl methyl sites for hydroxylation is 1. The number of allylic oxidation sites excluding steroid dienone is 2. The minimum Gasteiger partial charge on any atom is -0.508 e. The number of benzene rings is 1. The van der Waals surface area contributed by atoms with Crippen LogP contribution in [0.4, 0.5) is 0 Å². The Labute approximate surface area is 143 Å². The first-order valence-corrected chi connectivity index (χ1v) is 8.91. The summed E-state index contributed by atoms with van der Waals surface area (Å²) in [6.07, 6.45) is 6.41. The van der Waals surface area contributed by atoms with Gasteiger partial charge in [-0.1, -0.05) is 13.0 Å². The van der Waals surface area contributed by atoms with E-state index in [1.165, 1.54) is 11.1 Å². The van der Waals surface area contributed by atoms with Crippen LogP contribution < -0.4 is 0 Å². The number of rotatable bonds is 0. The van der Waals surface area contributed by atoms with Gasteiger partial charge in [0, 0.05) is 0 Å². The summed E-state index contributed by atoms with van der Waals surface area (Å²) >= 11 is 0. The second-order valence-corrected chi connectivity index (χ2v) is 7.84. The summed E-state index contributed by atoms with van der Waals surface area (Å²) in [4.78, 5) is 3.52. The first-order valence-electron chi connectivity index (χ1n) is 8.91. The summed E-state index contributed by atoms with van der Waals surface area (Å²) in [5, 5.41) is 19.1. The Morgan fingerprint density at radius 2 is 2.17 bits per heavy atom. The molecule has 1 aromatic rings. The van der Waals surface area contributed by atoms with E-state index in [4.69, 9.17) is 6.57 Å². The van der Waals surface area contributed by atoms with Crippen LogP contribution in [0.3, 0.4) is 0 Å². The molecule has 4 unspecified atom stereocenters. The molecule has 3 aliphatic carbocycles. The molecule has 0 spiro atoms. The lowest BCUT2D eigenvalue weighted by molar-refractivity contribution is 0.0811. The lowest BCUT2D eigenvalue weighted by Gasteiger charge is -2.49. The van der Waals surface area contributed by atoms with Crippen molar-refractivity contribution in [2.45, 2.75) is 51.4 Å². The van der Waals surface area contributed by atoms with Crippen molar-refractivity contribution in [1.29, 1.82) is 5.26 Å². The average Bonchev–Trinajstić information content (AvgIpc) is 2.93. The van der Waals surface area contributed by atoms with E-state index in [0.717, 1.165) is 44.1 Å². The van der Waals surface area contributed by atoms with Gasteiger partial charge in [0.25, 0.3) is 5.70 Å². The molecule has 2 fully saturated rings. The fourth-order valence-electron chi connectivity index (χ4n) is 5.93. The fraction of sp³-hybridized carbons (Fsp3) is 0.524. The molecule has 1 N–H and O–H groups in total. The van der Waals surface area contributed by atoms with Crippen molar-refractivity contribution in [1.82, 2.24) is 0 Å². The van der Waals surface area contributed by atoms with Gasteiger partial charge in [-0.05, 0) is 90.5 Å². The molecular weight excluding hydrogens is 296 g/mol.